The molecular weight excluding hydrogens is 466 g/mol. The highest BCUT2D eigenvalue weighted by Gasteiger charge is 2.26. The second-order valence-corrected chi connectivity index (χ2v) is 8.49. The first-order valence-electron chi connectivity index (χ1n) is 11.5. The molecule has 2 aromatic heterocycles. The maximum absolute atomic E-state index is 12.8. The number of ether oxygens (including phenoxy) is 1. The molecule has 0 unspecified atom stereocenters. The summed E-state index contributed by atoms with van der Waals surface area (Å²) < 4.78 is 5.18. The highest BCUT2D eigenvalue weighted by Crippen LogP contribution is 2.37. The van der Waals surface area contributed by atoms with Crippen molar-refractivity contribution in [2.75, 3.05) is 25.0 Å². The standard InChI is InChI=1S/C25H29N5O4S/c1-4-7-13-27-22(31)20-21(24(32)34-6-3)35-23(30-20)18-15-28-19(29-25(33)26-5-2)14-17(18)16-11-9-8-10-12-16/h8-12,14-15H,4-7,13H2,1-3H3,(H,27,31)(H2,26,28,29,33). The van der Waals surface area contributed by atoms with Gasteiger partial charge in [-0.2, -0.15) is 0 Å². The molecule has 0 atom stereocenters. The van der Waals surface area contributed by atoms with Crippen LogP contribution < -0.4 is 16.0 Å². The van der Waals surface area contributed by atoms with Gasteiger partial charge >= 0.3 is 12.0 Å². The number of hydrogen-bond acceptors (Lipinski definition) is 7. The summed E-state index contributed by atoms with van der Waals surface area (Å²) in [7, 11) is 0. The van der Waals surface area contributed by atoms with Gasteiger partial charge in [0, 0.05) is 24.8 Å². The zero-order chi connectivity index (χ0) is 25.2. The molecule has 9 nitrogen and oxygen atoms in total. The molecule has 0 fully saturated rings. The molecule has 0 radical (unpaired) electrons. The Labute approximate surface area is 208 Å². The number of amides is 3. The molecule has 0 aliphatic rings. The molecule has 0 saturated carbocycles. The second kappa shape index (κ2) is 12.6. The van der Waals surface area contributed by atoms with Gasteiger partial charge in [-0.15, -0.1) is 11.3 Å². The number of pyridine rings is 1. The first-order chi connectivity index (χ1) is 17.0. The number of unbranched alkanes of at least 4 members (excludes halogenated alkanes) is 1. The van der Waals surface area contributed by atoms with Crippen molar-refractivity contribution in [2.24, 2.45) is 0 Å². The number of aromatic nitrogens is 2. The fraction of sp³-hybridized carbons (Fsp3) is 0.320. The fourth-order valence-corrected chi connectivity index (χ4v) is 4.24. The van der Waals surface area contributed by atoms with Crippen LogP contribution in [0.5, 0.6) is 0 Å². The van der Waals surface area contributed by atoms with E-state index in [4.69, 9.17) is 4.74 Å². The van der Waals surface area contributed by atoms with E-state index in [1.54, 1.807) is 19.2 Å². The first kappa shape index (κ1) is 25.8. The summed E-state index contributed by atoms with van der Waals surface area (Å²) >= 11 is 1.08. The lowest BCUT2D eigenvalue weighted by atomic mass is 10.0. The molecule has 0 aliphatic carbocycles. The molecule has 1 aromatic carbocycles. The van der Waals surface area contributed by atoms with Crippen LogP contribution in [-0.4, -0.2) is 47.6 Å². The molecule has 3 rings (SSSR count). The minimum Gasteiger partial charge on any atom is -0.462 e. The number of hydrogen-bond donors (Lipinski definition) is 3. The van der Waals surface area contributed by atoms with E-state index in [-0.39, 0.29) is 23.2 Å². The van der Waals surface area contributed by atoms with Crippen LogP contribution in [0.1, 0.15) is 53.8 Å². The van der Waals surface area contributed by atoms with Crippen LogP contribution in [0.25, 0.3) is 21.7 Å². The van der Waals surface area contributed by atoms with Gasteiger partial charge in [0.15, 0.2) is 5.69 Å². The Morgan fingerprint density at radius 1 is 1.03 bits per heavy atom. The van der Waals surface area contributed by atoms with Gasteiger partial charge in [-0.05, 0) is 37.5 Å². The average Bonchev–Trinajstić information content (AvgIpc) is 3.30. The summed E-state index contributed by atoms with van der Waals surface area (Å²) in [5, 5.41) is 8.65. The quantitative estimate of drug-likeness (QED) is 0.276. The predicted octanol–water partition coefficient (Wildman–Crippen LogP) is 4.72. The van der Waals surface area contributed by atoms with Crippen molar-refractivity contribution in [1.29, 1.82) is 0 Å². The second-order valence-electron chi connectivity index (χ2n) is 7.49. The maximum atomic E-state index is 12.8. The van der Waals surface area contributed by atoms with Crippen LogP contribution in [0.4, 0.5) is 10.6 Å². The first-order valence-corrected chi connectivity index (χ1v) is 12.4. The summed E-state index contributed by atoms with van der Waals surface area (Å²) in [6.07, 6.45) is 3.33. The third kappa shape index (κ3) is 6.63. The van der Waals surface area contributed by atoms with Crippen LogP contribution in [0.3, 0.4) is 0 Å². The lowest BCUT2D eigenvalue weighted by Gasteiger charge is -2.11. The summed E-state index contributed by atoms with van der Waals surface area (Å²) in [6.45, 7) is 6.71. The van der Waals surface area contributed by atoms with Gasteiger partial charge in [-0.1, -0.05) is 43.7 Å². The molecule has 184 valence electrons. The number of thiazole rings is 1. The summed E-state index contributed by atoms with van der Waals surface area (Å²) in [6, 6.07) is 10.9. The number of carbonyl (C=O) groups excluding carboxylic acids is 3. The minimum absolute atomic E-state index is 0.0306. The van der Waals surface area contributed by atoms with E-state index in [9.17, 15) is 14.4 Å². The van der Waals surface area contributed by atoms with Crippen LogP contribution >= 0.6 is 11.3 Å². The zero-order valence-corrected chi connectivity index (χ0v) is 20.8. The van der Waals surface area contributed by atoms with Gasteiger partial charge in [0.2, 0.25) is 0 Å². The van der Waals surface area contributed by atoms with Gasteiger partial charge in [-0.25, -0.2) is 19.6 Å². The van der Waals surface area contributed by atoms with E-state index in [1.165, 1.54) is 0 Å². The number of carbonyl (C=O) groups is 3. The van der Waals surface area contributed by atoms with E-state index < -0.39 is 11.9 Å². The van der Waals surface area contributed by atoms with Gasteiger partial charge in [0.05, 0.1) is 6.61 Å². The zero-order valence-electron chi connectivity index (χ0n) is 20.0. The van der Waals surface area contributed by atoms with Crippen molar-refractivity contribution in [3.63, 3.8) is 0 Å². The highest BCUT2D eigenvalue weighted by atomic mass is 32.1. The van der Waals surface area contributed by atoms with Gasteiger partial charge in [0.1, 0.15) is 15.7 Å². The lowest BCUT2D eigenvalue weighted by molar-refractivity contribution is 0.0528. The third-order valence-electron chi connectivity index (χ3n) is 4.92. The van der Waals surface area contributed by atoms with Crippen molar-refractivity contribution < 1.29 is 19.1 Å². The average molecular weight is 496 g/mol. The monoisotopic (exact) mass is 495 g/mol. The molecule has 0 saturated heterocycles. The van der Waals surface area contributed by atoms with Gasteiger partial charge < -0.3 is 15.4 Å². The number of esters is 1. The van der Waals surface area contributed by atoms with E-state index in [1.807, 2.05) is 44.2 Å². The Morgan fingerprint density at radius 2 is 1.80 bits per heavy atom. The number of rotatable bonds is 10. The van der Waals surface area contributed by atoms with Gasteiger partial charge in [-0.3, -0.25) is 10.1 Å². The smallest absolute Gasteiger partial charge is 0.350 e. The van der Waals surface area contributed by atoms with Crippen LogP contribution in [0.2, 0.25) is 0 Å². The Bertz CT molecular complexity index is 1180. The van der Waals surface area contributed by atoms with Crippen molar-refractivity contribution in [2.45, 2.75) is 33.6 Å². The Kier molecular flexibility index (Phi) is 9.31. The molecule has 3 aromatic rings. The number of nitrogens with zero attached hydrogens (tertiary/aromatic N) is 2. The van der Waals surface area contributed by atoms with Crippen LogP contribution in [-0.2, 0) is 4.74 Å². The SMILES string of the molecule is CCCCNC(=O)c1nc(-c2cnc(NC(=O)NCC)cc2-c2ccccc2)sc1C(=O)OCC. The number of nitrogens with one attached hydrogen (secondary N) is 3. The predicted molar refractivity (Wildman–Crippen MR) is 137 cm³/mol. The van der Waals surface area contributed by atoms with Crippen molar-refractivity contribution >= 4 is 35.1 Å². The normalized spacial score (nSPS) is 10.5. The molecular formula is C25H29N5O4S. The topological polar surface area (TPSA) is 122 Å². The number of anilines is 1. The Morgan fingerprint density at radius 3 is 2.49 bits per heavy atom. The van der Waals surface area contributed by atoms with Crippen LogP contribution in [0, 0.1) is 0 Å². The molecule has 0 aliphatic heterocycles. The molecule has 10 heteroatoms. The van der Waals surface area contributed by atoms with Crippen molar-refractivity contribution in [1.82, 2.24) is 20.6 Å². The largest absolute Gasteiger partial charge is 0.462 e. The van der Waals surface area contributed by atoms with Crippen molar-refractivity contribution in [3.05, 3.63) is 53.2 Å². The lowest BCUT2D eigenvalue weighted by Crippen LogP contribution is -2.28. The maximum Gasteiger partial charge on any atom is 0.350 e. The van der Waals surface area contributed by atoms with Crippen LogP contribution in [0.15, 0.2) is 42.6 Å². The van der Waals surface area contributed by atoms with E-state index in [2.05, 4.69) is 25.9 Å². The fourth-order valence-electron chi connectivity index (χ4n) is 3.26. The molecule has 2 heterocycles. The molecule has 0 bridgehead atoms. The van der Waals surface area contributed by atoms with E-state index in [0.717, 1.165) is 35.3 Å². The third-order valence-corrected chi connectivity index (χ3v) is 5.99. The Balaban J connectivity index is 2.08. The van der Waals surface area contributed by atoms with E-state index in [0.29, 0.717) is 29.5 Å². The van der Waals surface area contributed by atoms with Crippen molar-refractivity contribution in [3.8, 4) is 21.7 Å². The number of benzene rings is 1. The number of urea groups is 1. The van der Waals surface area contributed by atoms with E-state index >= 15 is 0 Å². The molecule has 0 spiro atoms. The molecule has 3 amide bonds. The summed E-state index contributed by atoms with van der Waals surface area (Å²) in [5.41, 5.74) is 2.27. The summed E-state index contributed by atoms with van der Waals surface area (Å²) in [5.74, 6) is -0.661. The Hall–Kier alpha value is -3.79. The van der Waals surface area contributed by atoms with Gasteiger partial charge in [0.25, 0.3) is 5.91 Å². The molecule has 35 heavy (non-hydrogen) atoms. The highest BCUT2D eigenvalue weighted by molar-refractivity contribution is 7.17. The minimum atomic E-state index is -0.597. The molecule has 3 N–H and O–H groups in total. The summed E-state index contributed by atoms with van der Waals surface area (Å²) in [4.78, 5) is 46.5.